The highest BCUT2D eigenvalue weighted by atomic mass is 32.2. The van der Waals surface area contributed by atoms with Crippen molar-refractivity contribution in [2.45, 2.75) is 19.8 Å². The lowest BCUT2D eigenvalue weighted by molar-refractivity contribution is 0.271. The quantitative estimate of drug-likeness (QED) is 0.707. The summed E-state index contributed by atoms with van der Waals surface area (Å²) in [7, 11) is -1.80. The fourth-order valence-electron chi connectivity index (χ4n) is 1.68. The molecule has 0 amide bonds. The van der Waals surface area contributed by atoms with Gasteiger partial charge in [-0.15, -0.1) is 0 Å². The SMILES string of the molecule is CC1=CCCN(S(=O)(=O)N(C)CCCO)C1. The molecular weight excluding hydrogens is 228 g/mol. The maximum Gasteiger partial charge on any atom is 0.282 e. The zero-order chi connectivity index (χ0) is 12.2. The van der Waals surface area contributed by atoms with Crippen LogP contribution in [0.15, 0.2) is 11.6 Å². The van der Waals surface area contributed by atoms with Crippen molar-refractivity contribution in [3.05, 3.63) is 11.6 Å². The minimum absolute atomic E-state index is 0.0127. The average molecular weight is 248 g/mol. The van der Waals surface area contributed by atoms with Gasteiger partial charge in [-0.1, -0.05) is 11.6 Å². The van der Waals surface area contributed by atoms with E-state index in [1.165, 1.54) is 8.61 Å². The Morgan fingerprint density at radius 1 is 1.56 bits per heavy atom. The molecule has 16 heavy (non-hydrogen) atoms. The van der Waals surface area contributed by atoms with E-state index in [1.807, 2.05) is 6.92 Å². The molecule has 0 saturated carbocycles. The summed E-state index contributed by atoms with van der Waals surface area (Å²) in [4.78, 5) is 0. The van der Waals surface area contributed by atoms with Crippen molar-refractivity contribution in [3.8, 4) is 0 Å². The fourth-order valence-corrected chi connectivity index (χ4v) is 3.14. The first kappa shape index (κ1) is 13.6. The topological polar surface area (TPSA) is 60.9 Å². The summed E-state index contributed by atoms with van der Waals surface area (Å²) in [5, 5.41) is 8.69. The van der Waals surface area contributed by atoms with E-state index in [9.17, 15) is 8.42 Å². The van der Waals surface area contributed by atoms with Crippen LogP contribution in [0, 0.1) is 0 Å². The van der Waals surface area contributed by atoms with Crippen LogP contribution in [0.25, 0.3) is 0 Å². The molecule has 0 unspecified atom stereocenters. The van der Waals surface area contributed by atoms with E-state index < -0.39 is 10.2 Å². The van der Waals surface area contributed by atoms with Gasteiger partial charge in [-0.25, -0.2) is 0 Å². The van der Waals surface area contributed by atoms with Crippen molar-refractivity contribution in [1.29, 1.82) is 0 Å². The van der Waals surface area contributed by atoms with Crippen LogP contribution < -0.4 is 0 Å². The van der Waals surface area contributed by atoms with Gasteiger partial charge in [-0.2, -0.15) is 17.0 Å². The van der Waals surface area contributed by atoms with Crippen molar-refractivity contribution in [1.82, 2.24) is 8.61 Å². The zero-order valence-corrected chi connectivity index (χ0v) is 10.7. The van der Waals surface area contributed by atoms with Gasteiger partial charge in [0.15, 0.2) is 0 Å². The van der Waals surface area contributed by atoms with Gasteiger partial charge in [0.1, 0.15) is 0 Å². The standard InChI is InChI=1S/C10H20N2O3S/c1-10-5-3-7-12(9-10)16(14,15)11(2)6-4-8-13/h5,13H,3-4,6-9H2,1-2H3. The van der Waals surface area contributed by atoms with E-state index in [4.69, 9.17) is 5.11 Å². The van der Waals surface area contributed by atoms with Crippen LogP contribution in [-0.2, 0) is 10.2 Å². The molecule has 5 nitrogen and oxygen atoms in total. The highest BCUT2D eigenvalue weighted by Crippen LogP contribution is 2.15. The van der Waals surface area contributed by atoms with Gasteiger partial charge in [0.05, 0.1) is 0 Å². The van der Waals surface area contributed by atoms with Crippen LogP contribution in [-0.4, -0.2) is 55.4 Å². The van der Waals surface area contributed by atoms with Crippen LogP contribution in [0.3, 0.4) is 0 Å². The third-order valence-electron chi connectivity index (χ3n) is 2.65. The summed E-state index contributed by atoms with van der Waals surface area (Å²) in [6, 6.07) is 0. The minimum Gasteiger partial charge on any atom is -0.396 e. The minimum atomic E-state index is -3.35. The predicted molar refractivity (Wildman–Crippen MR) is 63.2 cm³/mol. The molecule has 1 heterocycles. The first-order valence-electron chi connectivity index (χ1n) is 5.46. The van der Waals surface area contributed by atoms with E-state index in [-0.39, 0.29) is 6.61 Å². The Hall–Kier alpha value is -0.430. The molecule has 0 aromatic heterocycles. The number of hydrogen-bond acceptors (Lipinski definition) is 3. The molecule has 0 aliphatic carbocycles. The number of rotatable bonds is 5. The fraction of sp³-hybridized carbons (Fsp3) is 0.800. The molecule has 0 fully saturated rings. The van der Waals surface area contributed by atoms with Crippen LogP contribution in [0.5, 0.6) is 0 Å². The molecule has 6 heteroatoms. The highest BCUT2D eigenvalue weighted by molar-refractivity contribution is 7.86. The first-order valence-corrected chi connectivity index (χ1v) is 6.86. The molecule has 0 saturated heterocycles. The molecule has 0 aromatic rings. The number of aliphatic hydroxyl groups is 1. The molecule has 0 atom stereocenters. The summed E-state index contributed by atoms with van der Waals surface area (Å²) < 4.78 is 27.0. The van der Waals surface area contributed by atoms with Crippen molar-refractivity contribution in [2.24, 2.45) is 0 Å². The maximum atomic E-state index is 12.1. The van der Waals surface area contributed by atoms with Gasteiger partial charge in [-0.05, 0) is 19.8 Å². The second-order valence-corrected chi connectivity index (χ2v) is 6.11. The molecule has 1 rings (SSSR count). The summed E-state index contributed by atoms with van der Waals surface area (Å²) in [5.74, 6) is 0. The van der Waals surface area contributed by atoms with Gasteiger partial charge in [0.2, 0.25) is 0 Å². The molecule has 1 N–H and O–H groups in total. The van der Waals surface area contributed by atoms with E-state index in [0.29, 0.717) is 26.1 Å². The molecule has 0 radical (unpaired) electrons. The number of hydrogen-bond donors (Lipinski definition) is 1. The van der Waals surface area contributed by atoms with Gasteiger partial charge >= 0.3 is 0 Å². The van der Waals surface area contributed by atoms with Crippen molar-refractivity contribution in [3.63, 3.8) is 0 Å². The van der Waals surface area contributed by atoms with Crippen LogP contribution in [0.1, 0.15) is 19.8 Å². The number of nitrogens with zero attached hydrogens (tertiary/aromatic N) is 2. The van der Waals surface area contributed by atoms with E-state index in [1.54, 1.807) is 7.05 Å². The van der Waals surface area contributed by atoms with E-state index >= 15 is 0 Å². The lowest BCUT2D eigenvalue weighted by Gasteiger charge is -2.29. The summed E-state index contributed by atoms with van der Waals surface area (Å²) in [6.07, 6.45) is 3.32. The summed E-state index contributed by atoms with van der Waals surface area (Å²) >= 11 is 0. The molecule has 1 aliphatic rings. The Bertz CT molecular complexity index is 351. The lowest BCUT2D eigenvalue weighted by atomic mass is 10.2. The Balaban J connectivity index is 2.66. The third-order valence-corrected chi connectivity index (χ3v) is 4.58. The van der Waals surface area contributed by atoms with Crippen LogP contribution >= 0.6 is 0 Å². The molecule has 0 bridgehead atoms. The largest absolute Gasteiger partial charge is 0.396 e. The van der Waals surface area contributed by atoms with Crippen molar-refractivity contribution in [2.75, 3.05) is 33.3 Å². The number of aliphatic hydroxyl groups excluding tert-OH is 1. The van der Waals surface area contributed by atoms with Gasteiger partial charge in [0, 0.05) is 33.3 Å². The molecular formula is C10H20N2O3S. The van der Waals surface area contributed by atoms with Gasteiger partial charge in [-0.3, -0.25) is 0 Å². The van der Waals surface area contributed by atoms with Gasteiger partial charge < -0.3 is 5.11 Å². The molecule has 0 spiro atoms. The van der Waals surface area contributed by atoms with Crippen molar-refractivity contribution >= 4 is 10.2 Å². The highest BCUT2D eigenvalue weighted by Gasteiger charge is 2.27. The molecule has 1 aliphatic heterocycles. The predicted octanol–water partition coefficient (Wildman–Crippen LogP) is 0.197. The Morgan fingerprint density at radius 3 is 2.81 bits per heavy atom. The summed E-state index contributed by atoms with van der Waals surface area (Å²) in [5.41, 5.74) is 1.09. The van der Waals surface area contributed by atoms with E-state index in [0.717, 1.165) is 12.0 Å². The van der Waals surface area contributed by atoms with Gasteiger partial charge in [0.25, 0.3) is 10.2 Å². The van der Waals surface area contributed by atoms with Crippen LogP contribution in [0.2, 0.25) is 0 Å². The van der Waals surface area contributed by atoms with Crippen LogP contribution in [0.4, 0.5) is 0 Å². The lowest BCUT2D eigenvalue weighted by Crippen LogP contribution is -2.44. The van der Waals surface area contributed by atoms with Crippen molar-refractivity contribution < 1.29 is 13.5 Å². The Morgan fingerprint density at radius 2 is 2.25 bits per heavy atom. The first-order chi connectivity index (χ1) is 7.48. The second-order valence-electron chi connectivity index (χ2n) is 4.08. The Labute approximate surface area is 97.5 Å². The second kappa shape index (κ2) is 5.77. The maximum absolute atomic E-state index is 12.1. The Kier molecular flexibility index (Phi) is 4.91. The smallest absolute Gasteiger partial charge is 0.282 e. The van der Waals surface area contributed by atoms with E-state index in [2.05, 4.69) is 6.08 Å². The molecule has 94 valence electrons. The summed E-state index contributed by atoms with van der Waals surface area (Å²) in [6.45, 7) is 3.33. The third kappa shape index (κ3) is 3.28. The monoisotopic (exact) mass is 248 g/mol. The zero-order valence-electron chi connectivity index (χ0n) is 9.89. The molecule has 0 aromatic carbocycles. The normalized spacial score (nSPS) is 18.9. The average Bonchev–Trinajstić information content (AvgIpc) is 2.25.